The Morgan fingerprint density at radius 2 is 1.59 bits per heavy atom. The molecule has 29 heavy (non-hydrogen) atoms. The Hall–Kier alpha value is -0.290. The van der Waals surface area contributed by atoms with E-state index >= 15 is 0 Å². The van der Waals surface area contributed by atoms with Gasteiger partial charge in [0.1, 0.15) is 11.4 Å². The first-order valence-corrected chi connectivity index (χ1v) is 12.6. The summed E-state index contributed by atoms with van der Waals surface area (Å²) in [7, 11) is -3.37. The Kier molecular flexibility index (Phi) is 5.81. The fourth-order valence-electron chi connectivity index (χ4n) is 4.79. The van der Waals surface area contributed by atoms with Crippen molar-refractivity contribution in [1.29, 1.82) is 0 Å². The molecule has 2 heterocycles. The third-order valence-electron chi connectivity index (χ3n) is 7.01. The molecule has 8 nitrogen and oxygen atoms in total. The van der Waals surface area contributed by atoms with E-state index in [4.69, 9.17) is 18.4 Å². The van der Waals surface area contributed by atoms with E-state index in [-0.39, 0.29) is 30.4 Å². The summed E-state index contributed by atoms with van der Waals surface area (Å²) in [5, 5.41) is 7.15. The van der Waals surface area contributed by atoms with Gasteiger partial charge in [-0.3, -0.25) is 14.8 Å². The maximum absolute atomic E-state index is 11.2. The average molecular weight is 433 g/mol. The fraction of sp³-hybridized carbons (Fsp3) is 1.00. The van der Waals surface area contributed by atoms with Crippen molar-refractivity contribution in [2.45, 2.75) is 70.2 Å². The molecule has 2 aliphatic heterocycles. The molecule has 9 heteroatoms. The standard InChI is InChI=1S/C20H36N2O6S/c1-12(25-8-13-6-15(13)17-10-26-19(2,3)21-17)20(4)22-18(11-27-20)16-7-14(16)9-28-29(5,23)24/h12-18,21-22H,6-11H2,1-5H3/t12-,13?,14?,15?,16?,17+,18+,20+/m0/s1. The lowest BCUT2D eigenvalue weighted by Crippen LogP contribution is -2.51. The zero-order valence-corrected chi connectivity index (χ0v) is 19.0. The smallest absolute Gasteiger partial charge is 0.264 e. The molecule has 0 aromatic heterocycles. The maximum atomic E-state index is 11.2. The molecule has 4 fully saturated rings. The first kappa shape index (κ1) is 21.9. The first-order valence-electron chi connectivity index (χ1n) is 10.7. The highest BCUT2D eigenvalue weighted by Gasteiger charge is 2.52. The molecule has 2 N–H and O–H groups in total. The SMILES string of the molecule is C[C@H](OCC1CC1[C@H]1COC(C)(C)N1)[C@]1(C)N[C@@H](C2CC2COS(C)(=O)=O)CO1. The van der Waals surface area contributed by atoms with Gasteiger partial charge in [-0.15, -0.1) is 0 Å². The Balaban J connectivity index is 1.18. The number of rotatable bonds is 9. The molecule has 4 aliphatic rings. The Morgan fingerprint density at radius 1 is 1.00 bits per heavy atom. The van der Waals surface area contributed by atoms with Gasteiger partial charge in [-0.05, 0) is 64.2 Å². The van der Waals surface area contributed by atoms with Crippen LogP contribution in [0.2, 0.25) is 0 Å². The van der Waals surface area contributed by atoms with Crippen molar-refractivity contribution in [3.63, 3.8) is 0 Å². The van der Waals surface area contributed by atoms with Crippen LogP contribution < -0.4 is 10.6 Å². The van der Waals surface area contributed by atoms with Crippen LogP contribution in [-0.4, -0.2) is 70.7 Å². The first-order chi connectivity index (χ1) is 13.5. The van der Waals surface area contributed by atoms with E-state index in [0.717, 1.165) is 25.9 Å². The van der Waals surface area contributed by atoms with Crippen molar-refractivity contribution >= 4 is 10.1 Å². The van der Waals surface area contributed by atoms with E-state index in [1.807, 2.05) is 6.92 Å². The van der Waals surface area contributed by atoms with Gasteiger partial charge in [-0.2, -0.15) is 8.42 Å². The zero-order chi connectivity index (χ0) is 21.0. The molecular formula is C20H36N2O6S. The lowest BCUT2D eigenvalue weighted by Gasteiger charge is -2.31. The van der Waals surface area contributed by atoms with Crippen molar-refractivity contribution < 1.29 is 26.8 Å². The molecule has 0 radical (unpaired) electrons. The molecule has 4 rings (SSSR count). The molecule has 0 bridgehead atoms. The Morgan fingerprint density at radius 3 is 2.17 bits per heavy atom. The topological polar surface area (TPSA) is 95.1 Å². The molecule has 2 aliphatic carbocycles. The second kappa shape index (κ2) is 7.69. The second-order valence-electron chi connectivity index (χ2n) is 10.0. The minimum atomic E-state index is -3.37. The van der Waals surface area contributed by atoms with Gasteiger partial charge >= 0.3 is 0 Å². The molecule has 2 saturated heterocycles. The van der Waals surface area contributed by atoms with Crippen LogP contribution in [0.15, 0.2) is 0 Å². The molecular weight excluding hydrogens is 396 g/mol. The summed E-state index contributed by atoms with van der Waals surface area (Å²) >= 11 is 0. The van der Waals surface area contributed by atoms with Gasteiger partial charge in [0, 0.05) is 12.1 Å². The minimum absolute atomic E-state index is 0.0672. The summed E-state index contributed by atoms with van der Waals surface area (Å²) in [6.45, 7) is 10.6. The predicted octanol–water partition coefficient (Wildman–Crippen LogP) is 1.07. The van der Waals surface area contributed by atoms with E-state index in [0.29, 0.717) is 30.4 Å². The lowest BCUT2D eigenvalue weighted by molar-refractivity contribution is -0.114. The minimum Gasteiger partial charge on any atom is -0.374 e. The summed E-state index contributed by atoms with van der Waals surface area (Å²) in [5.74, 6) is 1.88. The van der Waals surface area contributed by atoms with Gasteiger partial charge in [-0.25, -0.2) is 0 Å². The van der Waals surface area contributed by atoms with Gasteiger partial charge in [0.05, 0.1) is 38.8 Å². The molecule has 168 valence electrons. The van der Waals surface area contributed by atoms with Crippen molar-refractivity contribution in [3.8, 4) is 0 Å². The number of ether oxygens (including phenoxy) is 3. The molecule has 2 saturated carbocycles. The molecule has 0 aromatic rings. The van der Waals surface area contributed by atoms with Crippen molar-refractivity contribution in [2.24, 2.45) is 23.7 Å². The fourth-order valence-corrected chi connectivity index (χ4v) is 5.21. The summed E-state index contributed by atoms with van der Waals surface area (Å²) in [4.78, 5) is 0. The molecule has 8 atom stereocenters. The van der Waals surface area contributed by atoms with Crippen LogP contribution in [0.3, 0.4) is 0 Å². The maximum Gasteiger partial charge on any atom is 0.264 e. The van der Waals surface area contributed by atoms with Crippen LogP contribution in [0.5, 0.6) is 0 Å². The number of hydrogen-bond acceptors (Lipinski definition) is 8. The van der Waals surface area contributed by atoms with Gasteiger partial charge in [0.2, 0.25) is 0 Å². The monoisotopic (exact) mass is 432 g/mol. The van der Waals surface area contributed by atoms with Gasteiger partial charge < -0.3 is 14.2 Å². The predicted molar refractivity (Wildman–Crippen MR) is 108 cm³/mol. The van der Waals surface area contributed by atoms with E-state index in [1.54, 1.807) is 0 Å². The summed E-state index contributed by atoms with van der Waals surface area (Å²) in [6.07, 6.45) is 3.18. The average Bonchev–Trinajstić information content (AvgIpc) is 3.50. The Labute approximate surface area is 174 Å². The van der Waals surface area contributed by atoms with Crippen LogP contribution >= 0.6 is 0 Å². The number of hydrogen-bond donors (Lipinski definition) is 2. The third kappa shape index (κ3) is 5.31. The van der Waals surface area contributed by atoms with E-state index < -0.39 is 15.8 Å². The van der Waals surface area contributed by atoms with Gasteiger partial charge in [0.15, 0.2) is 0 Å². The van der Waals surface area contributed by atoms with Crippen LogP contribution in [-0.2, 0) is 28.5 Å². The van der Waals surface area contributed by atoms with E-state index in [9.17, 15) is 8.42 Å². The highest BCUT2D eigenvalue weighted by molar-refractivity contribution is 7.85. The molecule has 0 aromatic carbocycles. The third-order valence-corrected chi connectivity index (χ3v) is 7.58. The van der Waals surface area contributed by atoms with E-state index in [2.05, 4.69) is 31.4 Å². The van der Waals surface area contributed by atoms with Crippen molar-refractivity contribution in [1.82, 2.24) is 10.6 Å². The summed E-state index contributed by atoms with van der Waals surface area (Å²) < 4.78 is 45.4. The Bertz CT molecular complexity index is 716. The summed E-state index contributed by atoms with van der Waals surface area (Å²) in [6, 6.07) is 0.644. The van der Waals surface area contributed by atoms with E-state index in [1.165, 1.54) is 6.42 Å². The highest BCUT2D eigenvalue weighted by atomic mass is 32.2. The largest absolute Gasteiger partial charge is 0.374 e. The van der Waals surface area contributed by atoms with Crippen LogP contribution in [0.4, 0.5) is 0 Å². The van der Waals surface area contributed by atoms with Crippen LogP contribution in [0.25, 0.3) is 0 Å². The highest BCUT2D eigenvalue weighted by Crippen LogP contribution is 2.46. The molecule has 0 spiro atoms. The lowest BCUT2D eigenvalue weighted by atomic mass is 10.1. The normalized spacial score (nSPS) is 44.7. The molecule has 4 unspecified atom stereocenters. The molecule has 0 amide bonds. The van der Waals surface area contributed by atoms with Crippen molar-refractivity contribution in [2.75, 3.05) is 32.7 Å². The van der Waals surface area contributed by atoms with Gasteiger partial charge in [0.25, 0.3) is 10.1 Å². The van der Waals surface area contributed by atoms with Crippen molar-refractivity contribution in [3.05, 3.63) is 0 Å². The quantitative estimate of drug-likeness (QED) is 0.523. The second-order valence-corrected chi connectivity index (χ2v) is 11.7. The van der Waals surface area contributed by atoms with Crippen LogP contribution in [0.1, 0.15) is 40.5 Å². The number of nitrogens with one attached hydrogen (secondary N) is 2. The summed E-state index contributed by atoms with van der Waals surface area (Å²) in [5.41, 5.74) is -0.736. The van der Waals surface area contributed by atoms with Gasteiger partial charge in [-0.1, -0.05) is 0 Å². The van der Waals surface area contributed by atoms with Crippen LogP contribution in [0, 0.1) is 23.7 Å². The zero-order valence-electron chi connectivity index (χ0n) is 18.1.